The number of hydrogen-bond acceptors (Lipinski definition) is 4. The van der Waals surface area contributed by atoms with Crippen molar-refractivity contribution in [3.8, 4) is 22.8 Å². The Balaban J connectivity index is 2.70. The summed E-state index contributed by atoms with van der Waals surface area (Å²) in [7, 11) is 2.98. The van der Waals surface area contributed by atoms with Crippen LogP contribution in [0.1, 0.15) is 10.5 Å². The van der Waals surface area contributed by atoms with Crippen molar-refractivity contribution in [2.24, 2.45) is 0 Å². The number of carboxylic acid groups (broad SMARTS) is 1. The van der Waals surface area contributed by atoms with Crippen molar-refractivity contribution in [1.29, 1.82) is 0 Å². The third-order valence-corrected chi connectivity index (χ3v) is 3.02. The van der Waals surface area contributed by atoms with Crippen molar-refractivity contribution < 1.29 is 19.4 Å². The van der Waals surface area contributed by atoms with Crippen LogP contribution in [0, 0.1) is 0 Å². The minimum absolute atomic E-state index is 0.0634. The zero-order valence-corrected chi connectivity index (χ0v) is 11.6. The maximum Gasteiger partial charge on any atom is 0.354 e. The molecule has 0 unspecified atom stereocenters. The predicted molar refractivity (Wildman–Crippen MR) is 74.7 cm³/mol. The van der Waals surface area contributed by atoms with E-state index >= 15 is 0 Å². The summed E-state index contributed by atoms with van der Waals surface area (Å²) in [6.07, 6.45) is 0. The van der Waals surface area contributed by atoms with Crippen LogP contribution in [0.5, 0.6) is 11.5 Å². The molecule has 0 aliphatic heterocycles. The van der Waals surface area contributed by atoms with Gasteiger partial charge < -0.3 is 14.6 Å². The predicted octanol–water partition coefficient (Wildman–Crippen LogP) is 3.12. The first-order valence-electron chi connectivity index (χ1n) is 5.69. The molecule has 0 aliphatic rings. The average molecular weight is 294 g/mol. The highest BCUT2D eigenvalue weighted by atomic mass is 35.5. The number of methoxy groups -OCH3 is 2. The number of benzene rings is 1. The summed E-state index contributed by atoms with van der Waals surface area (Å²) in [5.41, 5.74) is 0.873. The van der Waals surface area contributed by atoms with Gasteiger partial charge in [0.15, 0.2) is 5.75 Å². The van der Waals surface area contributed by atoms with E-state index in [1.165, 1.54) is 20.3 Å². The molecule has 5 nitrogen and oxygen atoms in total. The second kappa shape index (κ2) is 5.79. The smallest absolute Gasteiger partial charge is 0.354 e. The number of carboxylic acids is 1. The molecule has 0 bridgehead atoms. The Labute approximate surface area is 120 Å². The van der Waals surface area contributed by atoms with E-state index in [2.05, 4.69) is 4.98 Å². The van der Waals surface area contributed by atoms with Crippen molar-refractivity contribution in [2.45, 2.75) is 0 Å². The van der Waals surface area contributed by atoms with E-state index in [9.17, 15) is 4.79 Å². The van der Waals surface area contributed by atoms with E-state index in [4.69, 9.17) is 26.2 Å². The summed E-state index contributed by atoms with van der Waals surface area (Å²) in [5, 5.41) is 9.41. The molecule has 6 heteroatoms. The van der Waals surface area contributed by atoms with Crippen molar-refractivity contribution in [2.75, 3.05) is 14.2 Å². The van der Waals surface area contributed by atoms with Crippen LogP contribution in [0.25, 0.3) is 11.3 Å². The van der Waals surface area contributed by atoms with Gasteiger partial charge in [-0.1, -0.05) is 17.7 Å². The molecule has 20 heavy (non-hydrogen) atoms. The fourth-order valence-corrected chi connectivity index (χ4v) is 2.08. The van der Waals surface area contributed by atoms with Crippen LogP contribution in [0.15, 0.2) is 30.3 Å². The van der Waals surface area contributed by atoms with Crippen LogP contribution in [-0.4, -0.2) is 30.3 Å². The first-order valence-corrected chi connectivity index (χ1v) is 6.07. The molecule has 0 fully saturated rings. The van der Waals surface area contributed by atoms with Gasteiger partial charge in [0.05, 0.1) is 30.5 Å². The molecular weight excluding hydrogens is 282 g/mol. The lowest BCUT2D eigenvalue weighted by molar-refractivity contribution is 0.0690. The van der Waals surface area contributed by atoms with Gasteiger partial charge >= 0.3 is 5.97 Å². The Morgan fingerprint density at radius 3 is 2.55 bits per heavy atom. The van der Waals surface area contributed by atoms with E-state index in [1.807, 2.05) is 0 Å². The monoisotopic (exact) mass is 293 g/mol. The summed E-state index contributed by atoms with van der Waals surface area (Å²) < 4.78 is 10.5. The lowest BCUT2D eigenvalue weighted by Gasteiger charge is -2.14. The molecule has 0 aliphatic carbocycles. The van der Waals surface area contributed by atoms with E-state index in [-0.39, 0.29) is 5.69 Å². The van der Waals surface area contributed by atoms with Gasteiger partial charge in [0.2, 0.25) is 0 Å². The summed E-state index contributed by atoms with van der Waals surface area (Å²) in [6.45, 7) is 0. The third-order valence-electron chi connectivity index (χ3n) is 2.72. The van der Waals surface area contributed by atoms with Gasteiger partial charge in [0.25, 0.3) is 0 Å². The van der Waals surface area contributed by atoms with Crippen LogP contribution in [0.2, 0.25) is 5.02 Å². The minimum atomic E-state index is -1.10. The van der Waals surface area contributed by atoms with Gasteiger partial charge in [-0.15, -0.1) is 0 Å². The molecule has 0 amide bonds. The lowest BCUT2D eigenvalue weighted by Crippen LogP contribution is -2.02. The zero-order valence-electron chi connectivity index (χ0n) is 10.9. The van der Waals surface area contributed by atoms with Gasteiger partial charge in [-0.2, -0.15) is 0 Å². The largest absolute Gasteiger partial charge is 0.496 e. The Morgan fingerprint density at radius 2 is 1.95 bits per heavy atom. The van der Waals surface area contributed by atoms with Crippen molar-refractivity contribution in [3.63, 3.8) is 0 Å². The second-order valence-corrected chi connectivity index (χ2v) is 4.28. The molecule has 0 atom stereocenters. The molecule has 0 radical (unpaired) electrons. The summed E-state index contributed by atoms with van der Waals surface area (Å²) in [6, 6.07) is 8.00. The Morgan fingerprint density at radius 1 is 1.20 bits per heavy atom. The lowest BCUT2D eigenvalue weighted by atomic mass is 10.1. The van der Waals surface area contributed by atoms with Gasteiger partial charge in [-0.25, -0.2) is 9.78 Å². The number of pyridine rings is 1. The quantitative estimate of drug-likeness (QED) is 0.938. The number of aromatic carboxylic acids is 1. The van der Waals surface area contributed by atoms with Gasteiger partial charge in [-0.3, -0.25) is 0 Å². The van der Waals surface area contributed by atoms with Crippen molar-refractivity contribution in [3.05, 3.63) is 41.0 Å². The SMILES string of the molecule is COc1ccc(Cl)c(OC)c1-c1cccc(C(=O)O)n1. The number of carbonyl (C=O) groups is 1. The van der Waals surface area contributed by atoms with Crippen molar-refractivity contribution in [1.82, 2.24) is 4.98 Å². The highest BCUT2D eigenvalue weighted by Crippen LogP contribution is 2.42. The maximum atomic E-state index is 11.0. The molecule has 0 saturated heterocycles. The number of rotatable bonds is 4. The Bertz CT molecular complexity index is 658. The van der Waals surface area contributed by atoms with Gasteiger partial charge in [0.1, 0.15) is 11.4 Å². The average Bonchev–Trinajstić information content (AvgIpc) is 2.47. The molecule has 1 N–H and O–H groups in total. The Kier molecular flexibility index (Phi) is 4.10. The van der Waals surface area contributed by atoms with Crippen LogP contribution in [0.3, 0.4) is 0 Å². The number of ether oxygens (including phenoxy) is 2. The zero-order chi connectivity index (χ0) is 14.7. The van der Waals surface area contributed by atoms with Gasteiger partial charge in [-0.05, 0) is 24.3 Å². The maximum absolute atomic E-state index is 11.0. The number of halogens is 1. The molecule has 0 spiro atoms. The number of nitrogens with zero attached hydrogens (tertiary/aromatic N) is 1. The van der Waals surface area contributed by atoms with E-state index in [0.717, 1.165) is 0 Å². The van der Waals surface area contributed by atoms with E-state index in [1.54, 1.807) is 24.3 Å². The number of aromatic nitrogens is 1. The highest BCUT2D eigenvalue weighted by molar-refractivity contribution is 6.32. The summed E-state index contributed by atoms with van der Waals surface area (Å²) in [4.78, 5) is 15.1. The Hall–Kier alpha value is -2.27. The van der Waals surface area contributed by atoms with Crippen LogP contribution < -0.4 is 9.47 Å². The first kappa shape index (κ1) is 14.1. The fourth-order valence-electron chi connectivity index (χ4n) is 1.84. The summed E-state index contributed by atoms with van der Waals surface area (Å²) >= 11 is 6.09. The molecule has 1 heterocycles. The molecule has 104 valence electrons. The van der Waals surface area contributed by atoms with Crippen molar-refractivity contribution >= 4 is 17.6 Å². The van der Waals surface area contributed by atoms with E-state index in [0.29, 0.717) is 27.8 Å². The minimum Gasteiger partial charge on any atom is -0.496 e. The standard InChI is InChI=1S/C14H12ClNO4/c1-19-11-7-6-8(15)13(20-2)12(11)9-4-3-5-10(16-9)14(17)18/h3-7H,1-2H3,(H,17,18). The molecule has 1 aromatic heterocycles. The van der Waals surface area contributed by atoms with E-state index < -0.39 is 5.97 Å². The fraction of sp³-hybridized carbons (Fsp3) is 0.143. The molecule has 0 saturated carbocycles. The molecule has 2 aromatic rings. The third kappa shape index (κ3) is 2.53. The molecule has 2 rings (SSSR count). The topological polar surface area (TPSA) is 68.7 Å². The highest BCUT2D eigenvalue weighted by Gasteiger charge is 2.18. The molecular formula is C14H12ClNO4. The van der Waals surface area contributed by atoms with Gasteiger partial charge in [0, 0.05) is 0 Å². The number of hydrogen-bond donors (Lipinski definition) is 1. The van der Waals surface area contributed by atoms with Crippen LogP contribution >= 0.6 is 11.6 Å². The van der Waals surface area contributed by atoms with Crippen LogP contribution in [-0.2, 0) is 0 Å². The second-order valence-electron chi connectivity index (χ2n) is 3.87. The normalized spacial score (nSPS) is 10.2. The first-order chi connectivity index (χ1) is 9.58. The summed E-state index contributed by atoms with van der Waals surface area (Å²) in [5.74, 6) is -0.214. The van der Waals surface area contributed by atoms with Crippen LogP contribution in [0.4, 0.5) is 0 Å². The molecule has 1 aromatic carbocycles.